The zero-order valence-electron chi connectivity index (χ0n) is 9.71. The average molecular weight is 213 g/mol. The first-order chi connectivity index (χ1) is 7.36. The van der Waals surface area contributed by atoms with Crippen LogP contribution in [0.15, 0.2) is 0 Å². The monoisotopic (exact) mass is 213 g/mol. The van der Waals surface area contributed by atoms with E-state index in [1.165, 1.54) is 12.8 Å². The van der Waals surface area contributed by atoms with Crippen molar-refractivity contribution in [1.29, 1.82) is 0 Å². The largest absolute Gasteiger partial charge is 0.381 e. The molecule has 1 unspecified atom stereocenters. The zero-order valence-corrected chi connectivity index (χ0v) is 9.71. The highest BCUT2D eigenvalue weighted by atomic mass is 16.5. The molecule has 1 N–H and O–H groups in total. The lowest BCUT2D eigenvalue weighted by Crippen LogP contribution is -2.33. The van der Waals surface area contributed by atoms with E-state index in [2.05, 4.69) is 12.2 Å². The molecule has 0 aromatic carbocycles. The summed E-state index contributed by atoms with van der Waals surface area (Å²) in [6.07, 6.45) is 5.40. The fourth-order valence-electron chi connectivity index (χ4n) is 2.12. The lowest BCUT2D eigenvalue weighted by Gasteiger charge is -2.23. The van der Waals surface area contributed by atoms with Gasteiger partial charge < -0.3 is 14.8 Å². The molecule has 0 radical (unpaired) electrons. The van der Waals surface area contributed by atoms with E-state index < -0.39 is 0 Å². The van der Waals surface area contributed by atoms with Gasteiger partial charge in [0.15, 0.2) is 0 Å². The summed E-state index contributed by atoms with van der Waals surface area (Å²) in [6.45, 7) is 5.87. The smallest absolute Gasteiger partial charge is 0.0619 e. The minimum absolute atomic E-state index is 0.441. The van der Waals surface area contributed by atoms with E-state index in [4.69, 9.17) is 9.47 Å². The van der Waals surface area contributed by atoms with Crippen LogP contribution >= 0.6 is 0 Å². The summed E-state index contributed by atoms with van der Waals surface area (Å²) >= 11 is 0. The molecule has 0 spiro atoms. The summed E-state index contributed by atoms with van der Waals surface area (Å²) < 4.78 is 11.1. The predicted molar refractivity (Wildman–Crippen MR) is 60.0 cm³/mol. The van der Waals surface area contributed by atoms with E-state index in [1.54, 1.807) is 0 Å². The molecule has 15 heavy (non-hydrogen) atoms. The molecule has 1 aliphatic carbocycles. The van der Waals surface area contributed by atoms with Gasteiger partial charge in [-0.2, -0.15) is 0 Å². The van der Waals surface area contributed by atoms with Gasteiger partial charge in [-0.1, -0.05) is 0 Å². The highest BCUT2D eigenvalue weighted by molar-refractivity contribution is 4.82. The van der Waals surface area contributed by atoms with E-state index in [1.807, 2.05) is 0 Å². The van der Waals surface area contributed by atoms with Gasteiger partial charge in [-0.3, -0.25) is 0 Å². The number of rotatable bonds is 6. The van der Waals surface area contributed by atoms with Crippen molar-refractivity contribution in [2.75, 3.05) is 26.4 Å². The Labute approximate surface area is 92.5 Å². The molecular formula is C12H23NO2. The number of ether oxygens (including phenoxy) is 2. The molecule has 0 aromatic heterocycles. The van der Waals surface area contributed by atoms with Crippen LogP contribution in [0.3, 0.4) is 0 Å². The molecule has 1 atom stereocenters. The van der Waals surface area contributed by atoms with Crippen LogP contribution in [0, 0.1) is 5.92 Å². The minimum atomic E-state index is 0.441. The maximum Gasteiger partial charge on any atom is 0.0619 e. The van der Waals surface area contributed by atoms with Crippen molar-refractivity contribution >= 4 is 0 Å². The van der Waals surface area contributed by atoms with Crippen LogP contribution in [-0.4, -0.2) is 38.5 Å². The highest BCUT2D eigenvalue weighted by Gasteiger charge is 2.27. The summed E-state index contributed by atoms with van der Waals surface area (Å²) in [5.41, 5.74) is 0. The summed E-state index contributed by atoms with van der Waals surface area (Å²) in [7, 11) is 0. The summed E-state index contributed by atoms with van der Waals surface area (Å²) in [6, 6.07) is 0.684. The molecule has 1 saturated carbocycles. The Hall–Kier alpha value is -0.120. The molecule has 0 amide bonds. The van der Waals surface area contributed by atoms with Crippen LogP contribution < -0.4 is 5.32 Å². The maximum atomic E-state index is 5.79. The summed E-state index contributed by atoms with van der Waals surface area (Å²) in [5.74, 6) is 0.938. The first kappa shape index (κ1) is 11.4. The van der Waals surface area contributed by atoms with Crippen LogP contribution in [0.4, 0.5) is 0 Å². The topological polar surface area (TPSA) is 30.5 Å². The standard InChI is InChI=1S/C12H23NO2/c1-10(11-2-3-11)13-6-9-15-12-4-7-14-8-5-12/h10-13H,2-9H2,1H3. The van der Waals surface area contributed by atoms with Crippen molar-refractivity contribution in [3.05, 3.63) is 0 Å². The Kier molecular flexibility index (Phi) is 4.42. The van der Waals surface area contributed by atoms with Gasteiger partial charge in [-0.15, -0.1) is 0 Å². The molecular weight excluding hydrogens is 190 g/mol. The van der Waals surface area contributed by atoms with Crippen molar-refractivity contribution in [2.45, 2.75) is 44.8 Å². The van der Waals surface area contributed by atoms with Crippen molar-refractivity contribution in [3.63, 3.8) is 0 Å². The number of hydrogen-bond acceptors (Lipinski definition) is 3. The Balaban J connectivity index is 1.46. The van der Waals surface area contributed by atoms with Crippen LogP contribution in [0.2, 0.25) is 0 Å². The number of nitrogens with one attached hydrogen (secondary N) is 1. The molecule has 1 heterocycles. The van der Waals surface area contributed by atoms with E-state index >= 15 is 0 Å². The lowest BCUT2D eigenvalue weighted by molar-refractivity contribution is -0.0309. The van der Waals surface area contributed by atoms with Crippen molar-refractivity contribution in [1.82, 2.24) is 5.32 Å². The van der Waals surface area contributed by atoms with Crippen molar-refractivity contribution in [2.24, 2.45) is 5.92 Å². The van der Waals surface area contributed by atoms with Gasteiger partial charge in [0.05, 0.1) is 12.7 Å². The van der Waals surface area contributed by atoms with Gasteiger partial charge in [-0.25, -0.2) is 0 Å². The quantitative estimate of drug-likeness (QED) is 0.679. The van der Waals surface area contributed by atoms with E-state index in [0.29, 0.717) is 12.1 Å². The predicted octanol–water partition coefficient (Wildman–Crippen LogP) is 1.57. The summed E-state index contributed by atoms with van der Waals surface area (Å²) in [5, 5.41) is 3.53. The second-order valence-corrected chi connectivity index (χ2v) is 4.76. The van der Waals surface area contributed by atoms with Crippen LogP contribution in [-0.2, 0) is 9.47 Å². The second-order valence-electron chi connectivity index (χ2n) is 4.76. The maximum absolute atomic E-state index is 5.79. The van der Waals surface area contributed by atoms with Gasteiger partial charge in [0.2, 0.25) is 0 Å². The van der Waals surface area contributed by atoms with Crippen LogP contribution in [0.25, 0.3) is 0 Å². The zero-order chi connectivity index (χ0) is 10.5. The average Bonchev–Trinajstić information content (AvgIpc) is 3.09. The fraction of sp³-hybridized carbons (Fsp3) is 1.00. The third kappa shape index (κ3) is 4.09. The van der Waals surface area contributed by atoms with Crippen molar-refractivity contribution < 1.29 is 9.47 Å². The SMILES string of the molecule is CC(NCCOC1CCOCC1)C1CC1. The van der Waals surface area contributed by atoms with E-state index in [0.717, 1.165) is 45.1 Å². The van der Waals surface area contributed by atoms with Gasteiger partial charge in [0.1, 0.15) is 0 Å². The third-order valence-corrected chi connectivity index (χ3v) is 3.42. The molecule has 2 aliphatic rings. The molecule has 3 heteroatoms. The minimum Gasteiger partial charge on any atom is -0.381 e. The van der Waals surface area contributed by atoms with Gasteiger partial charge in [0, 0.05) is 25.8 Å². The lowest BCUT2D eigenvalue weighted by atomic mass is 10.1. The van der Waals surface area contributed by atoms with Crippen LogP contribution in [0.1, 0.15) is 32.6 Å². The Bertz CT molecular complexity index is 176. The number of hydrogen-bond donors (Lipinski definition) is 1. The fourth-order valence-corrected chi connectivity index (χ4v) is 2.12. The third-order valence-electron chi connectivity index (χ3n) is 3.42. The Morgan fingerprint density at radius 3 is 2.67 bits per heavy atom. The first-order valence-corrected chi connectivity index (χ1v) is 6.29. The van der Waals surface area contributed by atoms with E-state index in [-0.39, 0.29) is 0 Å². The highest BCUT2D eigenvalue weighted by Crippen LogP contribution is 2.32. The second kappa shape index (κ2) is 5.83. The van der Waals surface area contributed by atoms with E-state index in [9.17, 15) is 0 Å². The van der Waals surface area contributed by atoms with Crippen molar-refractivity contribution in [3.8, 4) is 0 Å². The summed E-state index contributed by atoms with van der Waals surface area (Å²) in [4.78, 5) is 0. The molecule has 2 rings (SSSR count). The molecule has 3 nitrogen and oxygen atoms in total. The van der Waals surface area contributed by atoms with Gasteiger partial charge in [-0.05, 0) is 38.5 Å². The normalized spacial score (nSPS) is 25.4. The molecule has 1 saturated heterocycles. The molecule has 1 aliphatic heterocycles. The van der Waals surface area contributed by atoms with Gasteiger partial charge in [0.25, 0.3) is 0 Å². The Morgan fingerprint density at radius 2 is 2.00 bits per heavy atom. The Morgan fingerprint density at radius 1 is 1.27 bits per heavy atom. The van der Waals surface area contributed by atoms with Gasteiger partial charge >= 0.3 is 0 Å². The molecule has 88 valence electrons. The first-order valence-electron chi connectivity index (χ1n) is 6.29. The molecule has 2 fully saturated rings. The molecule has 0 bridgehead atoms. The molecule has 0 aromatic rings. The van der Waals surface area contributed by atoms with Crippen LogP contribution in [0.5, 0.6) is 0 Å².